The first-order chi connectivity index (χ1) is 9.38. The lowest BCUT2D eigenvalue weighted by Gasteiger charge is -2.31. The highest BCUT2D eigenvalue weighted by Gasteiger charge is 2.34. The van der Waals surface area contributed by atoms with Crippen molar-refractivity contribution in [2.45, 2.75) is 52.0 Å². The number of aliphatic hydroxyl groups is 1. The summed E-state index contributed by atoms with van der Waals surface area (Å²) in [5.41, 5.74) is 0.142. The Balaban J connectivity index is 2.47. The molecule has 0 aliphatic heterocycles. The van der Waals surface area contributed by atoms with Gasteiger partial charge >= 0.3 is 12.0 Å². The van der Waals surface area contributed by atoms with Crippen LogP contribution in [0.3, 0.4) is 0 Å². The molecule has 0 unspecified atom stereocenters. The number of carbonyl (C=O) groups excluding carboxylic acids is 1. The second-order valence-corrected chi connectivity index (χ2v) is 6.21. The summed E-state index contributed by atoms with van der Waals surface area (Å²) in [6.45, 7) is 4.30. The first kappa shape index (κ1) is 16.8. The van der Waals surface area contributed by atoms with Crippen molar-refractivity contribution in [3.05, 3.63) is 0 Å². The largest absolute Gasteiger partial charge is 0.480 e. The Morgan fingerprint density at radius 3 is 2.30 bits per heavy atom. The third-order valence-corrected chi connectivity index (χ3v) is 3.92. The van der Waals surface area contributed by atoms with Gasteiger partial charge in [0.2, 0.25) is 0 Å². The van der Waals surface area contributed by atoms with Crippen LogP contribution in [0.1, 0.15) is 46.0 Å². The van der Waals surface area contributed by atoms with Gasteiger partial charge in [0.05, 0.1) is 6.61 Å². The second-order valence-electron chi connectivity index (χ2n) is 6.21. The number of nitrogens with one attached hydrogen (secondary N) is 2. The van der Waals surface area contributed by atoms with E-state index in [0.29, 0.717) is 12.5 Å². The second kappa shape index (κ2) is 7.47. The van der Waals surface area contributed by atoms with Crippen molar-refractivity contribution in [1.82, 2.24) is 10.6 Å². The minimum atomic E-state index is -1.25. The smallest absolute Gasteiger partial charge is 0.328 e. The Morgan fingerprint density at radius 1 is 1.25 bits per heavy atom. The van der Waals surface area contributed by atoms with Crippen molar-refractivity contribution in [2.75, 3.05) is 13.2 Å². The molecule has 1 atom stereocenters. The normalized spacial score (nSPS) is 18.8. The van der Waals surface area contributed by atoms with Crippen molar-refractivity contribution in [3.8, 4) is 0 Å². The summed E-state index contributed by atoms with van der Waals surface area (Å²) in [4.78, 5) is 22.4. The topological polar surface area (TPSA) is 98.7 Å². The molecule has 0 saturated heterocycles. The molecular formula is C14H26N2O4. The van der Waals surface area contributed by atoms with Crippen LogP contribution < -0.4 is 10.6 Å². The van der Waals surface area contributed by atoms with Crippen LogP contribution in [0.4, 0.5) is 4.79 Å². The fourth-order valence-corrected chi connectivity index (χ4v) is 3.11. The number of aliphatic carboxylic acids is 1. The molecular weight excluding hydrogens is 260 g/mol. The summed E-state index contributed by atoms with van der Waals surface area (Å²) in [7, 11) is 0. The zero-order valence-electron chi connectivity index (χ0n) is 12.3. The fourth-order valence-electron chi connectivity index (χ4n) is 3.11. The Morgan fingerprint density at radius 2 is 1.85 bits per heavy atom. The number of carboxylic acid groups (broad SMARTS) is 1. The molecule has 1 fully saturated rings. The number of hydrogen-bond donors (Lipinski definition) is 4. The lowest BCUT2D eigenvalue weighted by molar-refractivity contribution is -0.140. The van der Waals surface area contributed by atoms with E-state index in [-0.39, 0.29) is 5.41 Å². The Kier molecular flexibility index (Phi) is 6.26. The minimum absolute atomic E-state index is 0.142. The number of rotatable bonds is 7. The third kappa shape index (κ3) is 5.00. The van der Waals surface area contributed by atoms with Crippen molar-refractivity contribution in [2.24, 2.45) is 11.3 Å². The summed E-state index contributed by atoms with van der Waals surface area (Å²) in [6, 6.07) is -1.78. The maximum atomic E-state index is 11.7. The maximum absolute atomic E-state index is 11.7. The lowest BCUT2D eigenvalue weighted by Crippen LogP contribution is -2.50. The minimum Gasteiger partial charge on any atom is -0.480 e. The molecule has 0 aromatic carbocycles. The van der Waals surface area contributed by atoms with E-state index in [1.807, 2.05) is 0 Å². The molecule has 1 saturated carbocycles. The van der Waals surface area contributed by atoms with Crippen LogP contribution in [0.2, 0.25) is 0 Å². The molecule has 1 aliphatic rings. The zero-order valence-corrected chi connectivity index (χ0v) is 12.3. The molecule has 116 valence electrons. The quantitative estimate of drug-likeness (QED) is 0.567. The van der Waals surface area contributed by atoms with Crippen LogP contribution in [0, 0.1) is 11.3 Å². The van der Waals surface area contributed by atoms with Gasteiger partial charge in [0.25, 0.3) is 0 Å². The molecule has 2 amide bonds. The molecule has 6 nitrogen and oxygen atoms in total. The van der Waals surface area contributed by atoms with Gasteiger partial charge in [0.15, 0.2) is 6.04 Å². The number of amides is 2. The molecule has 4 N–H and O–H groups in total. The summed E-state index contributed by atoms with van der Waals surface area (Å²) >= 11 is 0. The van der Waals surface area contributed by atoms with Crippen LogP contribution in [-0.2, 0) is 4.79 Å². The number of hydrogen-bond acceptors (Lipinski definition) is 3. The van der Waals surface area contributed by atoms with E-state index in [1.54, 1.807) is 0 Å². The highest BCUT2D eigenvalue weighted by molar-refractivity contribution is 5.82. The van der Waals surface area contributed by atoms with E-state index >= 15 is 0 Å². The number of carboxylic acids is 1. The molecule has 0 aromatic rings. The molecule has 0 spiro atoms. The van der Waals surface area contributed by atoms with Gasteiger partial charge in [-0.15, -0.1) is 0 Å². The lowest BCUT2D eigenvalue weighted by atomic mass is 9.78. The van der Waals surface area contributed by atoms with Crippen molar-refractivity contribution in [1.29, 1.82) is 0 Å². The Bertz CT molecular complexity index is 338. The molecule has 0 bridgehead atoms. The average molecular weight is 286 g/mol. The number of urea groups is 1. The fraction of sp³-hybridized carbons (Fsp3) is 0.857. The van der Waals surface area contributed by atoms with Crippen molar-refractivity contribution < 1.29 is 19.8 Å². The molecule has 0 radical (unpaired) electrons. The van der Waals surface area contributed by atoms with Crippen LogP contribution in [0.25, 0.3) is 0 Å². The van der Waals surface area contributed by atoms with E-state index < -0.39 is 24.6 Å². The molecule has 0 aromatic heterocycles. The van der Waals surface area contributed by atoms with Gasteiger partial charge in [0.1, 0.15) is 0 Å². The first-order valence-electron chi connectivity index (χ1n) is 7.26. The predicted molar refractivity (Wildman–Crippen MR) is 75.4 cm³/mol. The molecule has 0 heterocycles. The molecule has 20 heavy (non-hydrogen) atoms. The van der Waals surface area contributed by atoms with E-state index in [9.17, 15) is 9.59 Å². The first-order valence-corrected chi connectivity index (χ1v) is 7.26. The van der Waals surface area contributed by atoms with Crippen LogP contribution >= 0.6 is 0 Å². The van der Waals surface area contributed by atoms with E-state index in [0.717, 1.165) is 19.3 Å². The van der Waals surface area contributed by atoms with Crippen molar-refractivity contribution in [3.63, 3.8) is 0 Å². The van der Waals surface area contributed by atoms with Gasteiger partial charge < -0.3 is 20.8 Å². The van der Waals surface area contributed by atoms with Gasteiger partial charge in [-0.1, -0.05) is 26.7 Å². The summed E-state index contributed by atoms with van der Waals surface area (Å²) in [5, 5.41) is 22.7. The summed E-state index contributed by atoms with van der Waals surface area (Å²) < 4.78 is 0. The number of aliphatic hydroxyl groups excluding tert-OH is 1. The maximum Gasteiger partial charge on any atom is 0.328 e. The monoisotopic (exact) mass is 286 g/mol. The summed E-state index contributed by atoms with van der Waals surface area (Å²) in [5.74, 6) is -0.664. The highest BCUT2D eigenvalue weighted by Crippen LogP contribution is 2.42. The summed E-state index contributed by atoms with van der Waals surface area (Å²) in [6.07, 6.45) is 5.64. The molecule has 1 rings (SSSR count). The van der Waals surface area contributed by atoms with E-state index in [1.165, 1.54) is 12.8 Å². The van der Waals surface area contributed by atoms with Gasteiger partial charge in [-0.25, -0.2) is 9.59 Å². The van der Waals surface area contributed by atoms with Crippen LogP contribution in [0.15, 0.2) is 0 Å². The SMILES string of the molecule is CC(C)CC1(CNC(=O)N[C@H](CO)C(=O)O)CCCC1. The standard InChI is InChI=1S/C14H26N2O4/c1-10(2)7-14(5-3-4-6-14)9-15-13(20)16-11(8-17)12(18)19/h10-11,17H,3-9H2,1-2H3,(H,18,19)(H2,15,16,20)/t11-/m1/s1. The van der Waals surface area contributed by atoms with Gasteiger partial charge in [-0.3, -0.25) is 0 Å². The van der Waals surface area contributed by atoms with Crippen LogP contribution in [0.5, 0.6) is 0 Å². The zero-order chi connectivity index (χ0) is 15.2. The van der Waals surface area contributed by atoms with Gasteiger partial charge in [0, 0.05) is 6.54 Å². The average Bonchev–Trinajstić information content (AvgIpc) is 2.81. The van der Waals surface area contributed by atoms with E-state index in [2.05, 4.69) is 24.5 Å². The van der Waals surface area contributed by atoms with Gasteiger partial charge in [-0.05, 0) is 30.6 Å². The highest BCUT2D eigenvalue weighted by atomic mass is 16.4. The molecule has 6 heteroatoms. The van der Waals surface area contributed by atoms with Crippen molar-refractivity contribution >= 4 is 12.0 Å². The Hall–Kier alpha value is -1.30. The Labute approximate surface area is 119 Å². The van der Waals surface area contributed by atoms with E-state index in [4.69, 9.17) is 10.2 Å². The molecule has 1 aliphatic carbocycles. The predicted octanol–water partition coefficient (Wildman–Crippen LogP) is 1.34. The van der Waals surface area contributed by atoms with Gasteiger partial charge in [-0.2, -0.15) is 0 Å². The number of carbonyl (C=O) groups is 2. The third-order valence-electron chi connectivity index (χ3n) is 3.92. The van der Waals surface area contributed by atoms with Crippen LogP contribution in [-0.4, -0.2) is 41.4 Å².